The van der Waals surface area contributed by atoms with Gasteiger partial charge >= 0.3 is 6.01 Å². The molecule has 110 valence electrons. The molecule has 7 heteroatoms. The van der Waals surface area contributed by atoms with Gasteiger partial charge < -0.3 is 10.1 Å². The van der Waals surface area contributed by atoms with Gasteiger partial charge in [0.05, 0.1) is 4.92 Å². The lowest BCUT2D eigenvalue weighted by Crippen LogP contribution is -2.06. The molecule has 0 bridgehead atoms. The fourth-order valence-corrected chi connectivity index (χ4v) is 1.87. The van der Waals surface area contributed by atoms with Crippen molar-refractivity contribution in [1.29, 1.82) is 0 Å². The van der Waals surface area contributed by atoms with Crippen LogP contribution in [0.25, 0.3) is 0 Å². The Hall–Kier alpha value is -2.54. The number of nitrogens with zero attached hydrogens (tertiary/aromatic N) is 3. The molecular formula is C14H16N4O3. The molecule has 0 unspecified atom stereocenters. The molecule has 0 spiro atoms. The summed E-state index contributed by atoms with van der Waals surface area (Å²) in [6, 6.07) is 3.32. The molecule has 0 aliphatic heterocycles. The molecule has 2 aromatic rings. The standard InChI is InChI=1S/C14H16N4O3/c1-9-5-13(10(2)4-12(9)18(19)20)21-14-16-7-11(6-15-3)8-17-14/h4-5,7-8,15H,6H2,1-3H3. The highest BCUT2D eigenvalue weighted by Gasteiger charge is 2.15. The Kier molecular flexibility index (Phi) is 4.44. The molecule has 0 radical (unpaired) electrons. The molecule has 0 atom stereocenters. The molecule has 2 rings (SSSR count). The van der Waals surface area contributed by atoms with E-state index in [0.717, 1.165) is 5.56 Å². The third-order valence-corrected chi connectivity index (χ3v) is 2.95. The minimum Gasteiger partial charge on any atom is -0.424 e. The summed E-state index contributed by atoms with van der Waals surface area (Å²) in [6.45, 7) is 4.09. The molecule has 21 heavy (non-hydrogen) atoms. The predicted octanol–water partition coefficient (Wildman–Crippen LogP) is 2.51. The maximum absolute atomic E-state index is 10.9. The number of nitro benzene ring substituents is 1. The van der Waals surface area contributed by atoms with Crippen molar-refractivity contribution in [2.75, 3.05) is 7.05 Å². The van der Waals surface area contributed by atoms with Crippen LogP contribution in [-0.4, -0.2) is 21.9 Å². The lowest BCUT2D eigenvalue weighted by atomic mass is 10.1. The topological polar surface area (TPSA) is 90.2 Å². The van der Waals surface area contributed by atoms with Gasteiger partial charge in [0.1, 0.15) is 5.75 Å². The summed E-state index contributed by atoms with van der Waals surface area (Å²) < 4.78 is 5.59. The van der Waals surface area contributed by atoms with Crippen molar-refractivity contribution >= 4 is 5.69 Å². The molecule has 0 aliphatic rings. The highest BCUT2D eigenvalue weighted by molar-refractivity contribution is 5.49. The number of aromatic nitrogens is 2. The maximum atomic E-state index is 10.9. The summed E-state index contributed by atoms with van der Waals surface area (Å²) >= 11 is 0. The van der Waals surface area contributed by atoms with Crippen molar-refractivity contribution in [2.45, 2.75) is 20.4 Å². The smallest absolute Gasteiger partial charge is 0.321 e. The van der Waals surface area contributed by atoms with E-state index in [4.69, 9.17) is 4.74 Å². The number of hydrogen-bond donors (Lipinski definition) is 1. The summed E-state index contributed by atoms with van der Waals surface area (Å²) in [5, 5.41) is 13.9. The van der Waals surface area contributed by atoms with Crippen LogP contribution in [0.3, 0.4) is 0 Å². The first-order valence-electron chi connectivity index (χ1n) is 6.40. The lowest BCUT2D eigenvalue weighted by molar-refractivity contribution is -0.385. The molecule has 1 aromatic carbocycles. The van der Waals surface area contributed by atoms with Crippen molar-refractivity contribution in [3.63, 3.8) is 0 Å². The van der Waals surface area contributed by atoms with E-state index < -0.39 is 4.92 Å². The largest absolute Gasteiger partial charge is 0.424 e. The molecular weight excluding hydrogens is 272 g/mol. The minimum atomic E-state index is -0.408. The first-order chi connectivity index (χ1) is 10.0. The second-order valence-electron chi connectivity index (χ2n) is 4.67. The van der Waals surface area contributed by atoms with E-state index in [0.29, 0.717) is 23.4 Å². The van der Waals surface area contributed by atoms with Gasteiger partial charge in [0.25, 0.3) is 5.69 Å². The van der Waals surface area contributed by atoms with Crippen LogP contribution >= 0.6 is 0 Å². The lowest BCUT2D eigenvalue weighted by Gasteiger charge is -2.08. The van der Waals surface area contributed by atoms with Crippen LogP contribution in [0.15, 0.2) is 24.5 Å². The number of hydrogen-bond acceptors (Lipinski definition) is 6. The summed E-state index contributed by atoms with van der Waals surface area (Å²) in [5.41, 5.74) is 2.22. The van der Waals surface area contributed by atoms with E-state index in [1.807, 2.05) is 7.05 Å². The Morgan fingerprint density at radius 3 is 2.48 bits per heavy atom. The van der Waals surface area contributed by atoms with Gasteiger partial charge in [-0.2, -0.15) is 0 Å². The Morgan fingerprint density at radius 1 is 1.24 bits per heavy atom. The molecule has 1 aromatic heterocycles. The Balaban J connectivity index is 2.23. The third-order valence-electron chi connectivity index (χ3n) is 2.95. The first-order valence-corrected chi connectivity index (χ1v) is 6.40. The van der Waals surface area contributed by atoms with E-state index in [1.165, 1.54) is 6.07 Å². The molecule has 0 saturated heterocycles. The van der Waals surface area contributed by atoms with E-state index in [-0.39, 0.29) is 11.7 Å². The minimum absolute atomic E-state index is 0.0742. The highest BCUT2D eigenvalue weighted by atomic mass is 16.6. The Morgan fingerprint density at radius 2 is 1.90 bits per heavy atom. The molecule has 0 fully saturated rings. The van der Waals surface area contributed by atoms with Crippen molar-refractivity contribution in [3.05, 3.63) is 51.3 Å². The Bertz CT molecular complexity index is 656. The number of nitrogens with one attached hydrogen (secondary N) is 1. The third kappa shape index (κ3) is 3.51. The zero-order valence-corrected chi connectivity index (χ0v) is 12.1. The van der Waals surface area contributed by atoms with Crippen LogP contribution in [0, 0.1) is 24.0 Å². The second-order valence-corrected chi connectivity index (χ2v) is 4.67. The van der Waals surface area contributed by atoms with E-state index in [1.54, 1.807) is 32.3 Å². The van der Waals surface area contributed by atoms with Crippen LogP contribution in [0.5, 0.6) is 11.8 Å². The van der Waals surface area contributed by atoms with Gasteiger partial charge in [-0.25, -0.2) is 9.97 Å². The summed E-state index contributed by atoms with van der Waals surface area (Å²) in [7, 11) is 1.84. The highest BCUT2D eigenvalue weighted by Crippen LogP contribution is 2.29. The summed E-state index contributed by atoms with van der Waals surface area (Å²) in [5.74, 6) is 0.513. The molecule has 1 heterocycles. The molecule has 0 aliphatic carbocycles. The van der Waals surface area contributed by atoms with Gasteiger partial charge in [0.2, 0.25) is 0 Å². The van der Waals surface area contributed by atoms with Crippen molar-refractivity contribution < 1.29 is 9.66 Å². The van der Waals surface area contributed by atoms with Gasteiger partial charge in [-0.1, -0.05) is 0 Å². The van der Waals surface area contributed by atoms with Gasteiger partial charge in [-0.3, -0.25) is 10.1 Å². The zero-order chi connectivity index (χ0) is 15.4. The fourth-order valence-electron chi connectivity index (χ4n) is 1.87. The van der Waals surface area contributed by atoms with Gasteiger partial charge in [0, 0.05) is 36.1 Å². The Labute approximate surface area is 122 Å². The van der Waals surface area contributed by atoms with E-state index >= 15 is 0 Å². The van der Waals surface area contributed by atoms with Crippen LogP contribution in [-0.2, 0) is 6.54 Å². The van der Waals surface area contributed by atoms with E-state index in [9.17, 15) is 10.1 Å². The SMILES string of the molecule is CNCc1cnc(Oc2cc(C)c([N+](=O)[O-])cc2C)nc1. The fraction of sp³-hybridized carbons (Fsp3) is 0.286. The number of nitro groups is 1. The number of aryl methyl sites for hydroxylation is 2. The predicted molar refractivity (Wildman–Crippen MR) is 77.4 cm³/mol. The number of ether oxygens (including phenoxy) is 1. The number of rotatable bonds is 5. The maximum Gasteiger partial charge on any atom is 0.321 e. The molecule has 1 N–H and O–H groups in total. The normalized spacial score (nSPS) is 10.4. The summed E-state index contributed by atoms with van der Waals surface area (Å²) in [6.07, 6.45) is 3.35. The van der Waals surface area contributed by atoms with Gasteiger partial charge in [0.15, 0.2) is 0 Å². The quantitative estimate of drug-likeness (QED) is 0.671. The number of benzene rings is 1. The first kappa shape index (κ1) is 14.9. The average Bonchev–Trinajstić information content (AvgIpc) is 2.44. The van der Waals surface area contributed by atoms with Gasteiger partial charge in [-0.05, 0) is 32.5 Å². The van der Waals surface area contributed by atoms with Crippen LogP contribution < -0.4 is 10.1 Å². The average molecular weight is 288 g/mol. The van der Waals surface area contributed by atoms with Crippen molar-refractivity contribution in [3.8, 4) is 11.8 Å². The molecule has 0 saturated carbocycles. The van der Waals surface area contributed by atoms with Crippen LogP contribution in [0.2, 0.25) is 0 Å². The molecule has 7 nitrogen and oxygen atoms in total. The molecule has 0 amide bonds. The zero-order valence-electron chi connectivity index (χ0n) is 12.1. The monoisotopic (exact) mass is 288 g/mol. The summed E-state index contributed by atoms with van der Waals surface area (Å²) in [4.78, 5) is 18.7. The van der Waals surface area contributed by atoms with Crippen LogP contribution in [0.1, 0.15) is 16.7 Å². The second kappa shape index (κ2) is 6.27. The van der Waals surface area contributed by atoms with Crippen LogP contribution in [0.4, 0.5) is 5.69 Å². The van der Waals surface area contributed by atoms with E-state index in [2.05, 4.69) is 15.3 Å². The van der Waals surface area contributed by atoms with Crippen molar-refractivity contribution in [1.82, 2.24) is 15.3 Å². The van der Waals surface area contributed by atoms with Gasteiger partial charge in [-0.15, -0.1) is 0 Å². The van der Waals surface area contributed by atoms with Crippen molar-refractivity contribution in [2.24, 2.45) is 0 Å².